The second kappa shape index (κ2) is 3.32. The molecule has 0 saturated heterocycles. The zero-order chi connectivity index (χ0) is 20.9. The average Bonchev–Trinajstić information content (AvgIpc) is 2.03. The van der Waals surface area contributed by atoms with Gasteiger partial charge in [-0.15, -0.1) is 0 Å². The highest BCUT2D eigenvalue weighted by molar-refractivity contribution is 8.47. The number of rotatable bonds is 3. The molecule has 0 spiro atoms. The lowest BCUT2D eigenvalue weighted by molar-refractivity contribution is 0.357. The van der Waals surface area contributed by atoms with Crippen LogP contribution in [0.15, 0.2) is 26.8 Å². The molecule has 1 aromatic carbocycles. The van der Waals surface area contributed by atoms with Crippen molar-refractivity contribution >= 4 is 36.4 Å². The summed E-state index contributed by atoms with van der Waals surface area (Å²) >= 11 is 0. The Balaban J connectivity index is 4.36. The fourth-order valence-electron chi connectivity index (χ4n) is 1.44. The van der Waals surface area contributed by atoms with E-state index in [9.17, 15) is 58.3 Å². The van der Waals surface area contributed by atoms with Crippen molar-refractivity contribution in [3.05, 3.63) is 12.1 Å². The van der Waals surface area contributed by atoms with Gasteiger partial charge in [0, 0.05) is 0 Å². The Hall–Kier alpha value is -0.980. The summed E-state index contributed by atoms with van der Waals surface area (Å²) in [5, 5.41) is 0. The van der Waals surface area contributed by atoms with Crippen LogP contribution in [0.4, 0.5) is 64.0 Å². The number of benzene rings is 1. The predicted octanol–water partition coefficient (Wildman–Crippen LogP) is 9.24. The predicted molar refractivity (Wildman–Crippen MR) is 65.0 cm³/mol. The van der Waals surface area contributed by atoms with Gasteiger partial charge in [0.25, 0.3) is 0 Å². The maximum Gasteiger partial charge on any atom is 0.312 e. The third-order valence-electron chi connectivity index (χ3n) is 2.35. The molecular formula is C6H4F15NS3. The Morgan fingerprint density at radius 2 is 0.720 bits per heavy atom. The van der Waals surface area contributed by atoms with Gasteiger partial charge in [0.05, 0.1) is 5.69 Å². The van der Waals surface area contributed by atoms with E-state index in [0.717, 1.165) is 0 Å². The quantitative estimate of drug-likeness (QED) is 0.345. The molecule has 0 fully saturated rings. The molecule has 25 heavy (non-hydrogen) atoms. The Morgan fingerprint density at radius 1 is 0.480 bits per heavy atom. The van der Waals surface area contributed by atoms with E-state index in [1.807, 2.05) is 0 Å². The van der Waals surface area contributed by atoms with E-state index >= 15 is 0 Å². The third-order valence-corrected chi connectivity index (χ3v) is 5.82. The minimum Gasteiger partial charge on any atom is -0.396 e. The van der Waals surface area contributed by atoms with Crippen molar-refractivity contribution < 1.29 is 58.3 Å². The number of anilines is 1. The first-order valence-corrected chi connectivity index (χ1v) is 10.7. The number of hydrogen-bond donors (Lipinski definition) is 1. The second-order valence-corrected chi connectivity index (χ2v) is 11.9. The largest absolute Gasteiger partial charge is 0.396 e. The zero-order valence-corrected chi connectivity index (χ0v) is 13.1. The topological polar surface area (TPSA) is 26.0 Å². The molecule has 0 aliphatic carbocycles. The first kappa shape index (κ1) is 22.1. The van der Waals surface area contributed by atoms with E-state index < -0.39 is 63.2 Å². The molecule has 0 amide bonds. The molecule has 156 valence electrons. The van der Waals surface area contributed by atoms with Gasteiger partial charge in [0.1, 0.15) is 14.7 Å². The summed E-state index contributed by atoms with van der Waals surface area (Å²) in [6.45, 7) is 0. The molecule has 0 aliphatic heterocycles. The van der Waals surface area contributed by atoms with E-state index in [0.29, 0.717) is 0 Å². The molecule has 1 aromatic rings. The average molecular weight is 471 g/mol. The number of nitrogens with two attached hydrogens (primary N) is 1. The Kier molecular flexibility index (Phi) is 2.93. The van der Waals surface area contributed by atoms with Crippen LogP contribution in [0.2, 0.25) is 0 Å². The van der Waals surface area contributed by atoms with Gasteiger partial charge in [-0.25, -0.2) is 0 Å². The third kappa shape index (κ3) is 5.02. The SMILES string of the molecule is Nc1c(S(F)(F)(F)(F)F)cc(S(F)(F)(F)(F)F)cc1S(F)(F)(F)(F)F. The molecule has 2 N–H and O–H groups in total. The molecule has 0 aliphatic rings. The van der Waals surface area contributed by atoms with Crippen LogP contribution in [0.25, 0.3) is 0 Å². The van der Waals surface area contributed by atoms with Crippen molar-refractivity contribution in [2.45, 2.75) is 14.7 Å². The zero-order valence-electron chi connectivity index (χ0n) is 10.6. The van der Waals surface area contributed by atoms with Crippen LogP contribution in [-0.4, -0.2) is 0 Å². The van der Waals surface area contributed by atoms with Crippen LogP contribution in [0, 0.1) is 0 Å². The lowest BCUT2D eigenvalue weighted by Crippen LogP contribution is -2.18. The van der Waals surface area contributed by atoms with E-state index in [4.69, 9.17) is 0 Å². The van der Waals surface area contributed by atoms with E-state index in [1.54, 1.807) is 0 Å². The number of nitrogen functional groups attached to an aromatic ring is 1. The maximum absolute atomic E-state index is 12.6. The smallest absolute Gasteiger partial charge is 0.312 e. The molecule has 0 atom stereocenters. The molecule has 0 radical (unpaired) electrons. The normalized spacial score (nSPS) is 22.7. The molecule has 0 aromatic heterocycles. The van der Waals surface area contributed by atoms with Crippen molar-refractivity contribution in [1.82, 2.24) is 0 Å². The first-order valence-electron chi connectivity index (χ1n) is 4.87. The molecule has 0 heterocycles. The minimum atomic E-state index is -11.6. The molecule has 0 unspecified atom stereocenters. The van der Waals surface area contributed by atoms with Gasteiger partial charge in [0.15, 0.2) is 0 Å². The maximum atomic E-state index is 12.6. The fraction of sp³-hybridized carbons (Fsp3) is 0. The number of hydrogen-bond acceptors (Lipinski definition) is 1. The monoisotopic (exact) mass is 471 g/mol. The van der Waals surface area contributed by atoms with Gasteiger partial charge in [0.2, 0.25) is 0 Å². The molecule has 0 saturated carbocycles. The van der Waals surface area contributed by atoms with Crippen LogP contribution in [0.3, 0.4) is 0 Å². The van der Waals surface area contributed by atoms with Gasteiger partial charge in [-0.3, -0.25) is 0 Å². The van der Waals surface area contributed by atoms with Crippen molar-refractivity contribution in [1.29, 1.82) is 0 Å². The molecule has 1 rings (SSSR count). The van der Waals surface area contributed by atoms with Crippen LogP contribution >= 0.6 is 30.7 Å². The van der Waals surface area contributed by atoms with Crippen molar-refractivity contribution in [3.63, 3.8) is 0 Å². The van der Waals surface area contributed by atoms with Gasteiger partial charge in [-0.2, -0.15) is 0 Å². The molecule has 1 nitrogen and oxygen atoms in total. The van der Waals surface area contributed by atoms with Crippen molar-refractivity contribution in [2.24, 2.45) is 0 Å². The van der Waals surface area contributed by atoms with Gasteiger partial charge in [-0.05, 0) is 12.1 Å². The summed E-state index contributed by atoms with van der Waals surface area (Å²) in [6.07, 6.45) is 0. The summed E-state index contributed by atoms with van der Waals surface area (Å²) in [5.74, 6) is 0. The van der Waals surface area contributed by atoms with E-state index in [1.165, 1.54) is 0 Å². The van der Waals surface area contributed by atoms with E-state index in [2.05, 4.69) is 5.73 Å². The lowest BCUT2D eigenvalue weighted by atomic mass is 10.3. The van der Waals surface area contributed by atoms with Crippen molar-refractivity contribution in [2.75, 3.05) is 5.73 Å². The van der Waals surface area contributed by atoms with Gasteiger partial charge >= 0.3 is 30.7 Å². The van der Waals surface area contributed by atoms with Crippen LogP contribution in [0.1, 0.15) is 0 Å². The summed E-state index contributed by atoms with van der Waals surface area (Å²) < 4.78 is 188. The molecule has 0 bridgehead atoms. The fourth-order valence-corrected chi connectivity index (χ4v) is 4.08. The second-order valence-electron chi connectivity index (χ2n) is 4.74. The summed E-state index contributed by atoms with van der Waals surface area (Å²) in [7, 11) is -34.7. The van der Waals surface area contributed by atoms with Gasteiger partial charge < -0.3 is 5.73 Å². The van der Waals surface area contributed by atoms with E-state index in [-0.39, 0.29) is 0 Å². The van der Waals surface area contributed by atoms with Crippen LogP contribution < -0.4 is 5.73 Å². The molecule has 19 heteroatoms. The number of halogens is 15. The molecular weight excluding hydrogens is 467 g/mol. The van der Waals surface area contributed by atoms with Crippen LogP contribution in [0.5, 0.6) is 0 Å². The Labute approximate surface area is 128 Å². The highest BCUT2D eigenvalue weighted by Gasteiger charge is 2.74. The lowest BCUT2D eigenvalue weighted by Gasteiger charge is -2.47. The summed E-state index contributed by atoms with van der Waals surface area (Å²) in [5.41, 5.74) is 0.403. The highest BCUT2D eigenvalue weighted by atomic mass is 32.5. The Bertz CT molecular complexity index is 730. The van der Waals surface area contributed by atoms with Gasteiger partial charge in [-0.1, -0.05) is 58.3 Å². The highest BCUT2D eigenvalue weighted by Crippen LogP contribution is 3.08. The standard InChI is InChI=1S/C6H4F15NS3/c7-23(8,9,10,11)3-1-4(24(12,13,14,15)16)6(22)5(2-3)25(17,18,19,20)21/h1-2H,22H2. The summed E-state index contributed by atoms with van der Waals surface area (Å²) in [6, 6.07) is -4.24. The Morgan fingerprint density at radius 3 is 0.880 bits per heavy atom. The van der Waals surface area contributed by atoms with Crippen LogP contribution in [-0.2, 0) is 0 Å². The van der Waals surface area contributed by atoms with Crippen molar-refractivity contribution in [3.8, 4) is 0 Å². The first-order chi connectivity index (χ1) is 9.71. The minimum absolute atomic E-state index is 2.12. The summed E-state index contributed by atoms with van der Waals surface area (Å²) in [4.78, 5) is -13.0.